The van der Waals surface area contributed by atoms with E-state index >= 15 is 0 Å². The second-order valence-corrected chi connectivity index (χ2v) is 7.85. The minimum atomic E-state index is -1.21. The van der Waals surface area contributed by atoms with Gasteiger partial charge < -0.3 is 19.3 Å². The van der Waals surface area contributed by atoms with Crippen LogP contribution >= 0.6 is 0 Å². The number of carboxylic acids is 1. The summed E-state index contributed by atoms with van der Waals surface area (Å²) in [5.74, 6) is -2.08. The lowest BCUT2D eigenvalue weighted by molar-refractivity contribution is 0.0695. The highest BCUT2D eigenvalue weighted by atomic mass is 19.1. The maximum absolute atomic E-state index is 13.3. The van der Waals surface area contributed by atoms with Crippen molar-refractivity contribution in [1.29, 1.82) is 0 Å². The van der Waals surface area contributed by atoms with Crippen LogP contribution in [0, 0.1) is 17.5 Å². The molecule has 8 heteroatoms. The lowest BCUT2D eigenvalue weighted by Crippen LogP contribution is -2.07. The summed E-state index contributed by atoms with van der Waals surface area (Å²) in [4.78, 5) is 11.8. The van der Waals surface area contributed by atoms with Crippen LogP contribution in [-0.2, 0) is 19.8 Å². The number of rotatable bonds is 10. The molecule has 0 atom stereocenters. The Morgan fingerprint density at radius 1 is 0.583 bits per heavy atom. The third kappa shape index (κ3) is 6.56. The van der Waals surface area contributed by atoms with Gasteiger partial charge in [0, 0.05) is 0 Å². The number of benzene rings is 4. The summed E-state index contributed by atoms with van der Waals surface area (Å²) in [6, 6.07) is 19.6. The summed E-state index contributed by atoms with van der Waals surface area (Å²) >= 11 is 0. The molecule has 5 nitrogen and oxygen atoms in total. The largest absolute Gasteiger partial charge is 0.485 e. The molecule has 0 unspecified atom stereocenters. The topological polar surface area (TPSA) is 65.0 Å². The number of aromatic carboxylic acids is 1. The van der Waals surface area contributed by atoms with Crippen LogP contribution in [0.5, 0.6) is 17.2 Å². The van der Waals surface area contributed by atoms with Crippen molar-refractivity contribution in [2.24, 2.45) is 0 Å². The van der Waals surface area contributed by atoms with Crippen molar-refractivity contribution in [2.45, 2.75) is 19.8 Å². The average Bonchev–Trinajstić information content (AvgIpc) is 2.88. The highest BCUT2D eigenvalue weighted by Crippen LogP contribution is 2.40. The Hall–Kier alpha value is -4.46. The second-order valence-electron chi connectivity index (χ2n) is 7.85. The van der Waals surface area contributed by atoms with Crippen molar-refractivity contribution in [3.05, 3.63) is 125 Å². The molecular formula is C28H21F3O5. The van der Waals surface area contributed by atoms with Crippen molar-refractivity contribution in [2.75, 3.05) is 0 Å². The Labute approximate surface area is 205 Å². The average molecular weight is 494 g/mol. The van der Waals surface area contributed by atoms with Crippen LogP contribution in [0.25, 0.3) is 0 Å². The zero-order valence-corrected chi connectivity index (χ0v) is 18.9. The first kappa shape index (κ1) is 24.7. The number of carbonyl (C=O) groups is 1. The third-order valence-electron chi connectivity index (χ3n) is 5.18. The highest BCUT2D eigenvalue weighted by molar-refractivity contribution is 5.89. The molecule has 4 aromatic carbocycles. The monoisotopic (exact) mass is 494 g/mol. The fourth-order valence-corrected chi connectivity index (χ4v) is 3.28. The van der Waals surface area contributed by atoms with Gasteiger partial charge in [0.1, 0.15) is 37.3 Å². The van der Waals surface area contributed by atoms with Gasteiger partial charge >= 0.3 is 5.97 Å². The van der Waals surface area contributed by atoms with Gasteiger partial charge in [-0.1, -0.05) is 36.4 Å². The van der Waals surface area contributed by atoms with E-state index in [9.17, 15) is 23.1 Å². The number of carboxylic acid groups (broad SMARTS) is 1. The minimum Gasteiger partial charge on any atom is -0.485 e. The van der Waals surface area contributed by atoms with Crippen molar-refractivity contribution >= 4 is 5.97 Å². The maximum atomic E-state index is 13.3. The fraction of sp³-hybridized carbons (Fsp3) is 0.107. The van der Waals surface area contributed by atoms with Gasteiger partial charge in [0.2, 0.25) is 5.75 Å². The number of ether oxygens (including phenoxy) is 3. The van der Waals surface area contributed by atoms with Gasteiger partial charge in [0.05, 0.1) is 5.56 Å². The molecule has 0 bridgehead atoms. The molecule has 36 heavy (non-hydrogen) atoms. The van der Waals surface area contributed by atoms with E-state index in [0.717, 1.165) is 0 Å². The van der Waals surface area contributed by atoms with Gasteiger partial charge in [0.25, 0.3) is 0 Å². The molecular weight excluding hydrogens is 473 g/mol. The molecule has 0 aliphatic rings. The van der Waals surface area contributed by atoms with Crippen molar-refractivity contribution < 1.29 is 37.3 Å². The summed E-state index contributed by atoms with van der Waals surface area (Å²) in [5.41, 5.74) is 1.85. The van der Waals surface area contributed by atoms with Gasteiger partial charge in [0.15, 0.2) is 11.5 Å². The highest BCUT2D eigenvalue weighted by Gasteiger charge is 2.19. The Balaban J connectivity index is 1.65. The maximum Gasteiger partial charge on any atom is 0.335 e. The van der Waals surface area contributed by atoms with Crippen LogP contribution in [0.2, 0.25) is 0 Å². The SMILES string of the molecule is O=C(O)c1cc(OCc2ccc(F)cc2)c(OCc2ccc(F)cc2)c(OCc2ccc(F)cc2)c1. The molecule has 0 heterocycles. The van der Waals surface area contributed by atoms with E-state index in [1.165, 1.54) is 48.5 Å². The van der Waals surface area contributed by atoms with E-state index in [0.29, 0.717) is 16.7 Å². The number of halogens is 3. The Bertz CT molecular complexity index is 1250. The smallest absolute Gasteiger partial charge is 0.335 e. The van der Waals surface area contributed by atoms with Gasteiger partial charge in [-0.25, -0.2) is 18.0 Å². The molecule has 0 radical (unpaired) electrons. The Kier molecular flexibility index (Phi) is 7.75. The molecule has 0 saturated heterocycles. The van der Waals surface area contributed by atoms with Crippen molar-refractivity contribution in [3.8, 4) is 17.2 Å². The number of hydrogen-bond acceptors (Lipinski definition) is 4. The van der Waals surface area contributed by atoms with E-state index in [2.05, 4.69) is 0 Å². The Morgan fingerprint density at radius 3 is 1.25 bits per heavy atom. The predicted molar refractivity (Wildman–Crippen MR) is 126 cm³/mol. The van der Waals surface area contributed by atoms with Gasteiger partial charge in [-0.2, -0.15) is 0 Å². The van der Waals surface area contributed by atoms with Crippen LogP contribution in [0.3, 0.4) is 0 Å². The van der Waals surface area contributed by atoms with Crippen LogP contribution in [0.1, 0.15) is 27.0 Å². The van der Waals surface area contributed by atoms with E-state index in [1.54, 1.807) is 36.4 Å². The molecule has 0 spiro atoms. The summed E-state index contributed by atoms with van der Waals surface area (Å²) in [6.45, 7) is 0.0356. The first-order chi connectivity index (χ1) is 17.4. The normalized spacial score (nSPS) is 10.6. The van der Waals surface area contributed by atoms with Crippen LogP contribution in [0.15, 0.2) is 84.9 Å². The third-order valence-corrected chi connectivity index (χ3v) is 5.18. The minimum absolute atomic E-state index is 0.00760. The molecule has 4 aromatic rings. The molecule has 0 fully saturated rings. The summed E-state index contributed by atoms with van der Waals surface area (Å²) in [6.07, 6.45) is 0. The van der Waals surface area contributed by atoms with E-state index in [4.69, 9.17) is 14.2 Å². The first-order valence-electron chi connectivity index (χ1n) is 10.9. The van der Waals surface area contributed by atoms with Crippen molar-refractivity contribution in [1.82, 2.24) is 0 Å². The molecule has 0 saturated carbocycles. The summed E-state index contributed by atoms with van der Waals surface area (Å²) in [7, 11) is 0. The van der Waals surface area contributed by atoms with Crippen LogP contribution in [0.4, 0.5) is 13.2 Å². The number of hydrogen-bond donors (Lipinski definition) is 1. The first-order valence-corrected chi connectivity index (χ1v) is 10.9. The standard InChI is InChI=1S/C28H21F3O5/c29-22-7-1-18(2-8-22)15-34-25-13-21(28(32)33)14-26(35-16-19-3-9-23(30)10-4-19)27(25)36-17-20-5-11-24(31)12-6-20/h1-14H,15-17H2,(H,32,33). The van der Waals surface area contributed by atoms with Gasteiger partial charge in [-0.05, 0) is 65.2 Å². The van der Waals surface area contributed by atoms with Gasteiger partial charge in [-0.3, -0.25) is 0 Å². The van der Waals surface area contributed by atoms with Crippen molar-refractivity contribution in [3.63, 3.8) is 0 Å². The fourth-order valence-electron chi connectivity index (χ4n) is 3.28. The lowest BCUT2D eigenvalue weighted by atomic mass is 10.1. The summed E-state index contributed by atoms with van der Waals surface area (Å²) in [5, 5.41) is 9.62. The predicted octanol–water partition coefficient (Wildman–Crippen LogP) is 6.54. The molecule has 1 N–H and O–H groups in total. The molecule has 0 aliphatic heterocycles. The van der Waals surface area contributed by atoms with E-state index < -0.39 is 23.4 Å². The molecule has 0 amide bonds. The zero-order chi connectivity index (χ0) is 25.5. The molecule has 0 aromatic heterocycles. The van der Waals surface area contributed by atoms with Crippen LogP contribution < -0.4 is 14.2 Å². The quantitative estimate of drug-likeness (QED) is 0.271. The lowest BCUT2D eigenvalue weighted by Gasteiger charge is -2.18. The van der Waals surface area contributed by atoms with E-state index in [-0.39, 0.29) is 42.6 Å². The molecule has 0 aliphatic carbocycles. The van der Waals surface area contributed by atoms with Crippen LogP contribution in [-0.4, -0.2) is 11.1 Å². The Morgan fingerprint density at radius 2 is 0.917 bits per heavy atom. The second kappa shape index (κ2) is 11.3. The summed E-state index contributed by atoms with van der Waals surface area (Å²) < 4.78 is 57.5. The van der Waals surface area contributed by atoms with Gasteiger partial charge in [-0.15, -0.1) is 0 Å². The zero-order valence-electron chi connectivity index (χ0n) is 18.9. The molecule has 4 rings (SSSR count). The molecule has 184 valence electrons. The van der Waals surface area contributed by atoms with E-state index in [1.807, 2.05) is 0 Å².